The molecule has 0 bridgehead atoms. The van der Waals surface area contributed by atoms with Gasteiger partial charge >= 0.3 is 6.18 Å². The second-order valence-corrected chi connectivity index (χ2v) is 5.26. The van der Waals surface area contributed by atoms with Gasteiger partial charge in [-0.05, 0) is 37.0 Å². The molecule has 4 N–H and O–H groups in total. The number of nitrogens with zero attached hydrogens (tertiary/aromatic N) is 1. The Labute approximate surface area is 138 Å². The molecule has 1 amide bonds. The van der Waals surface area contributed by atoms with Gasteiger partial charge in [0.2, 0.25) is 5.91 Å². The molecule has 0 saturated carbocycles. The third kappa shape index (κ3) is 7.45. The first-order valence-corrected chi connectivity index (χ1v) is 7.69. The van der Waals surface area contributed by atoms with Crippen LogP contribution in [0, 0.1) is 0 Å². The summed E-state index contributed by atoms with van der Waals surface area (Å²) in [6, 6.07) is 4.77. The molecule has 0 unspecified atom stereocenters. The summed E-state index contributed by atoms with van der Waals surface area (Å²) in [4.78, 5) is 15.7. The standard InChI is InChI=1S/C16H22F3N3O2/c17-16(18,19)13-8-6-12(7-9-13)14(22-24-11-10-20)4-2-1-3-5-15(21)23/h6-9H,1-5,10-11,20H2,(H2,21,23). The molecular formula is C16H22F3N3O2. The number of alkyl halides is 3. The monoisotopic (exact) mass is 345 g/mol. The first-order valence-electron chi connectivity index (χ1n) is 7.69. The van der Waals surface area contributed by atoms with E-state index in [4.69, 9.17) is 16.3 Å². The van der Waals surface area contributed by atoms with Gasteiger partial charge in [0.05, 0.1) is 11.3 Å². The van der Waals surface area contributed by atoms with Crippen LogP contribution in [0.15, 0.2) is 29.4 Å². The third-order valence-electron chi connectivity index (χ3n) is 3.27. The summed E-state index contributed by atoms with van der Waals surface area (Å²) in [7, 11) is 0. The van der Waals surface area contributed by atoms with Crippen LogP contribution in [0.1, 0.15) is 43.2 Å². The van der Waals surface area contributed by atoms with Crippen molar-refractivity contribution >= 4 is 11.6 Å². The van der Waals surface area contributed by atoms with Gasteiger partial charge in [0, 0.05) is 13.0 Å². The number of unbranched alkanes of at least 4 members (excludes halogenated alkanes) is 2. The summed E-state index contributed by atoms with van der Waals surface area (Å²) in [5, 5.41) is 3.97. The molecule has 0 atom stereocenters. The highest BCUT2D eigenvalue weighted by molar-refractivity contribution is 6.00. The van der Waals surface area contributed by atoms with E-state index in [1.54, 1.807) is 0 Å². The van der Waals surface area contributed by atoms with Gasteiger partial charge in [-0.2, -0.15) is 13.2 Å². The minimum atomic E-state index is -4.37. The highest BCUT2D eigenvalue weighted by Crippen LogP contribution is 2.29. The quantitative estimate of drug-likeness (QED) is 0.388. The molecule has 0 saturated heterocycles. The van der Waals surface area contributed by atoms with Crippen molar-refractivity contribution < 1.29 is 22.8 Å². The van der Waals surface area contributed by atoms with Crippen LogP contribution in [0.4, 0.5) is 13.2 Å². The molecule has 1 aromatic rings. The van der Waals surface area contributed by atoms with Crippen LogP contribution < -0.4 is 11.5 Å². The van der Waals surface area contributed by atoms with Gasteiger partial charge in [0.1, 0.15) is 6.61 Å². The molecule has 0 aromatic heterocycles. The average Bonchev–Trinajstić information content (AvgIpc) is 2.52. The summed E-state index contributed by atoms with van der Waals surface area (Å²) in [6.07, 6.45) is -1.39. The lowest BCUT2D eigenvalue weighted by molar-refractivity contribution is -0.137. The summed E-state index contributed by atoms with van der Waals surface area (Å²) in [5.74, 6) is -0.349. The lowest BCUT2D eigenvalue weighted by atomic mass is 10.0. The van der Waals surface area contributed by atoms with E-state index in [-0.39, 0.29) is 12.5 Å². The summed E-state index contributed by atoms with van der Waals surface area (Å²) < 4.78 is 37.8. The second kappa shape index (κ2) is 9.92. The van der Waals surface area contributed by atoms with Gasteiger partial charge in [-0.15, -0.1) is 0 Å². The number of nitrogens with two attached hydrogens (primary N) is 2. The van der Waals surface area contributed by atoms with Crippen LogP contribution in [0.5, 0.6) is 0 Å². The average molecular weight is 345 g/mol. The molecule has 0 spiro atoms. The summed E-state index contributed by atoms with van der Waals surface area (Å²) >= 11 is 0. The minimum absolute atomic E-state index is 0.228. The first-order chi connectivity index (χ1) is 11.3. The Hall–Kier alpha value is -2.09. The first kappa shape index (κ1) is 20.0. The van der Waals surface area contributed by atoms with Crippen molar-refractivity contribution in [3.05, 3.63) is 35.4 Å². The number of carbonyl (C=O) groups is 1. The number of hydrogen-bond acceptors (Lipinski definition) is 4. The van der Waals surface area contributed by atoms with Gasteiger partial charge in [-0.1, -0.05) is 23.7 Å². The molecule has 1 aromatic carbocycles. The van der Waals surface area contributed by atoms with Crippen molar-refractivity contribution in [1.29, 1.82) is 0 Å². The maximum Gasteiger partial charge on any atom is 0.416 e. The number of primary amides is 1. The van der Waals surface area contributed by atoms with E-state index < -0.39 is 11.7 Å². The molecule has 0 fully saturated rings. The highest BCUT2D eigenvalue weighted by atomic mass is 19.4. The molecule has 8 heteroatoms. The van der Waals surface area contributed by atoms with Crippen LogP contribution >= 0.6 is 0 Å². The number of halogens is 3. The van der Waals surface area contributed by atoms with E-state index in [1.165, 1.54) is 12.1 Å². The van der Waals surface area contributed by atoms with Crippen molar-refractivity contribution in [1.82, 2.24) is 0 Å². The molecule has 0 aliphatic heterocycles. The van der Waals surface area contributed by atoms with E-state index >= 15 is 0 Å². The van der Waals surface area contributed by atoms with E-state index in [9.17, 15) is 18.0 Å². The van der Waals surface area contributed by atoms with Crippen LogP contribution in [-0.2, 0) is 15.8 Å². The fourth-order valence-corrected chi connectivity index (χ4v) is 2.04. The zero-order valence-corrected chi connectivity index (χ0v) is 13.3. The van der Waals surface area contributed by atoms with Crippen LogP contribution in [0.25, 0.3) is 0 Å². The molecule has 1 rings (SSSR count). The summed E-state index contributed by atoms with van der Waals surface area (Å²) in [5.41, 5.74) is 10.8. The fourth-order valence-electron chi connectivity index (χ4n) is 2.04. The smallest absolute Gasteiger partial charge is 0.394 e. The van der Waals surface area contributed by atoms with Crippen molar-refractivity contribution in [2.75, 3.05) is 13.2 Å². The Morgan fingerprint density at radius 3 is 2.25 bits per heavy atom. The lowest BCUT2D eigenvalue weighted by Crippen LogP contribution is -2.10. The van der Waals surface area contributed by atoms with Crippen LogP contribution in [0.3, 0.4) is 0 Å². The van der Waals surface area contributed by atoms with Gasteiger partial charge in [-0.3, -0.25) is 4.79 Å². The van der Waals surface area contributed by atoms with E-state index in [1.807, 2.05) is 0 Å². The number of hydrogen-bond donors (Lipinski definition) is 2. The van der Waals surface area contributed by atoms with Gasteiger partial charge in [-0.25, -0.2) is 0 Å². The van der Waals surface area contributed by atoms with Crippen molar-refractivity contribution in [2.45, 2.75) is 38.3 Å². The van der Waals surface area contributed by atoms with E-state index in [2.05, 4.69) is 5.16 Å². The van der Waals surface area contributed by atoms with Crippen LogP contribution in [0.2, 0.25) is 0 Å². The fraction of sp³-hybridized carbons (Fsp3) is 0.500. The van der Waals surface area contributed by atoms with Gasteiger partial charge in [0.25, 0.3) is 0 Å². The van der Waals surface area contributed by atoms with E-state index in [0.29, 0.717) is 37.1 Å². The van der Waals surface area contributed by atoms with E-state index in [0.717, 1.165) is 25.0 Å². The topological polar surface area (TPSA) is 90.7 Å². The molecule has 0 aliphatic rings. The largest absolute Gasteiger partial charge is 0.416 e. The Kier molecular flexibility index (Phi) is 8.25. The predicted molar refractivity (Wildman–Crippen MR) is 85.3 cm³/mol. The van der Waals surface area contributed by atoms with Crippen molar-refractivity contribution in [3.8, 4) is 0 Å². The molecule has 134 valence electrons. The lowest BCUT2D eigenvalue weighted by Gasteiger charge is -2.10. The van der Waals surface area contributed by atoms with Crippen molar-refractivity contribution in [2.24, 2.45) is 16.6 Å². The maximum atomic E-state index is 12.6. The normalized spacial score (nSPS) is 12.2. The zero-order valence-electron chi connectivity index (χ0n) is 13.3. The maximum absolute atomic E-state index is 12.6. The number of rotatable bonds is 10. The van der Waals surface area contributed by atoms with Gasteiger partial charge in [0.15, 0.2) is 0 Å². The highest BCUT2D eigenvalue weighted by Gasteiger charge is 2.30. The number of oxime groups is 1. The van der Waals surface area contributed by atoms with Crippen molar-refractivity contribution in [3.63, 3.8) is 0 Å². The number of carbonyl (C=O) groups excluding carboxylic acids is 1. The predicted octanol–water partition coefficient (Wildman–Crippen LogP) is 2.82. The Balaban J connectivity index is 2.71. The van der Waals surface area contributed by atoms with Gasteiger partial charge < -0.3 is 16.3 Å². The Bertz CT molecular complexity index is 542. The van der Waals surface area contributed by atoms with Crippen LogP contribution in [-0.4, -0.2) is 24.8 Å². The molecule has 0 radical (unpaired) electrons. The molecule has 5 nitrogen and oxygen atoms in total. The third-order valence-corrected chi connectivity index (χ3v) is 3.27. The number of benzene rings is 1. The molecule has 0 aliphatic carbocycles. The molecule has 0 heterocycles. The molecule has 24 heavy (non-hydrogen) atoms. The Morgan fingerprint density at radius 1 is 1.08 bits per heavy atom. The second-order valence-electron chi connectivity index (χ2n) is 5.26. The SMILES string of the molecule is NCCON=C(CCCCCC(N)=O)c1ccc(C(F)(F)F)cc1. The molecular weight excluding hydrogens is 323 g/mol. The zero-order chi connectivity index (χ0) is 18.0. The Morgan fingerprint density at radius 2 is 1.71 bits per heavy atom. The summed E-state index contributed by atoms with van der Waals surface area (Å²) in [6.45, 7) is 0.522. The number of amides is 1. The minimum Gasteiger partial charge on any atom is -0.394 e.